The Morgan fingerprint density at radius 2 is 1.79 bits per heavy atom. The molecule has 0 bridgehead atoms. The van der Waals surface area contributed by atoms with Crippen LogP contribution in [-0.2, 0) is 19.1 Å². The lowest BCUT2D eigenvalue weighted by Crippen LogP contribution is -2.41. The van der Waals surface area contributed by atoms with Crippen LogP contribution >= 0.6 is 22.6 Å². The van der Waals surface area contributed by atoms with E-state index < -0.39 is 22.8 Å². The first-order valence-corrected chi connectivity index (χ1v) is 10.4. The zero-order chi connectivity index (χ0) is 24.3. The van der Waals surface area contributed by atoms with Crippen molar-refractivity contribution in [3.63, 3.8) is 0 Å². The highest BCUT2D eigenvalue weighted by Gasteiger charge is 2.44. The van der Waals surface area contributed by atoms with Gasteiger partial charge in [-0.15, -0.1) is 0 Å². The van der Waals surface area contributed by atoms with Gasteiger partial charge in [-0.05, 0) is 40.3 Å². The topological polar surface area (TPSA) is 149 Å². The molecule has 1 atom stereocenters. The first-order valence-electron chi connectivity index (χ1n) is 9.36. The fourth-order valence-corrected chi connectivity index (χ4v) is 4.07. The second kappa shape index (κ2) is 9.70. The molecule has 168 valence electrons. The molecule has 0 saturated carbocycles. The van der Waals surface area contributed by atoms with E-state index in [1.165, 1.54) is 12.1 Å². The number of allylic oxidation sites excluding steroid dienone is 1. The molecule has 2 N–H and O–H groups in total. The van der Waals surface area contributed by atoms with Crippen molar-refractivity contribution in [1.29, 1.82) is 5.26 Å². The highest BCUT2D eigenvalue weighted by molar-refractivity contribution is 14.1. The van der Waals surface area contributed by atoms with Crippen LogP contribution in [0.25, 0.3) is 0 Å². The van der Waals surface area contributed by atoms with Crippen LogP contribution in [0.3, 0.4) is 0 Å². The maximum atomic E-state index is 13.0. The second-order valence-corrected chi connectivity index (χ2v) is 7.97. The molecule has 1 aliphatic heterocycles. The Morgan fingerprint density at radius 1 is 1.15 bits per heavy atom. The Labute approximate surface area is 202 Å². The summed E-state index contributed by atoms with van der Waals surface area (Å²) >= 11 is 1.90. The molecule has 2 aromatic carbocycles. The van der Waals surface area contributed by atoms with Crippen LogP contribution in [0, 0.1) is 25.0 Å². The monoisotopic (exact) mass is 560 g/mol. The number of nitriles is 1. The molecule has 0 radical (unpaired) electrons. The number of halogens is 1. The normalized spacial score (nSPS) is 15.7. The summed E-state index contributed by atoms with van der Waals surface area (Å²) in [5.41, 5.74) is 5.67. The number of benzene rings is 2. The summed E-state index contributed by atoms with van der Waals surface area (Å²) in [6, 6.07) is 14.7. The van der Waals surface area contributed by atoms with Gasteiger partial charge in [0.1, 0.15) is 17.2 Å². The molecule has 1 aliphatic rings. The highest BCUT2D eigenvalue weighted by atomic mass is 127. The van der Waals surface area contributed by atoms with Gasteiger partial charge in [-0.2, -0.15) is 5.26 Å². The van der Waals surface area contributed by atoms with Gasteiger partial charge < -0.3 is 15.2 Å². The molecule has 0 saturated heterocycles. The summed E-state index contributed by atoms with van der Waals surface area (Å²) in [6.07, 6.45) is 0. The van der Waals surface area contributed by atoms with E-state index in [0.29, 0.717) is 9.13 Å². The van der Waals surface area contributed by atoms with E-state index in [2.05, 4.69) is 0 Å². The standard InChI is InChI=1S/C22H17IN4O6/c1-32-21(28)18-17(12-6-4-3-5-7-12)14(11-24)20(25)26(19(18)22(29)33-2)15-9-8-13(23)10-16(15)27(30)31/h3-10,17H,25H2,1-2H3. The number of hydrogen-bond acceptors (Lipinski definition) is 9. The second-order valence-electron chi connectivity index (χ2n) is 6.73. The number of carbonyl (C=O) groups excluding carboxylic acids is 2. The lowest BCUT2D eigenvalue weighted by molar-refractivity contribution is -0.384. The molecule has 0 aromatic heterocycles. The minimum atomic E-state index is -1.06. The number of nitrogens with two attached hydrogens (primary N) is 1. The smallest absolute Gasteiger partial charge is 0.355 e. The van der Waals surface area contributed by atoms with Gasteiger partial charge in [0.05, 0.1) is 42.3 Å². The first-order chi connectivity index (χ1) is 15.8. The molecular formula is C22H17IN4O6. The fraction of sp³-hybridized carbons (Fsp3) is 0.136. The number of esters is 2. The quantitative estimate of drug-likeness (QED) is 0.252. The molecule has 1 unspecified atom stereocenters. The van der Waals surface area contributed by atoms with Crippen LogP contribution in [0.15, 0.2) is 71.2 Å². The Morgan fingerprint density at radius 3 is 2.33 bits per heavy atom. The van der Waals surface area contributed by atoms with Gasteiger partial charge in [-0.3, -0.25) is 15.0 Å². The van der Waals surface area contributed by atoms with E-state index in [9.17, 15) is 25.0 Å². The van der Waals surface area contributed by atoms with E-state index in [4.69, 9.17) is 15.2 Å². The number of nitro groups is 1. The third-order valence-corrected chi connectivity index (χ3v) is 5.66. The third-order valence-electron chi connectivity index (χ3n) is 4.99. The summed E-state index contributed by atoms with van der Waals surface area (Å²) in [5.74, 6) is -3.20. The van der Waals surface area contributed by atoms with E-state index in [-0.39, 0.29) is 34.0 Å². The molecule has 10 nitrogen and oxygen atoms in total. The lowest BCUT2D eigenvalue weighted by atomic mass is 9.81. The number of methoxy groups -OCH3 is 2. The summed E-state index contributed by atoms with van der Waals surface area (Å²) in [5, 5.41) is 21.8. The fourth-order valence-electron chi connectivity index (χ4n) is 3.60. The number of anilines is 1. The maximum absolute atomic E-state index is 13.0. The van der Waals surface area contributed by atoms with Crippen LogP contribution in [-0.4, -0.2) is 31.1 Å². The van der Waals surface area contributed by atoms with Crippen LogP contribution in [0.4, 0.5) is 11.4 Å². The molecule has 33 heavy (non-hydrogen) atoms. The Bertz CT molecular complexity index is 1250. The Kier molecular flexibility index (Phi) is 6.98. The van der Waals surface area contributed by atoms with Crippen molar-refractivity contribution < 1.29 is 24.0 Å². The molecular weight excluding hydrogens is 543 g/mol. The van der Waals surface area contributed by atoms with Gasteiger partial charge in [0, 0.05) is 9.64 Å². The van der Waals surface area contributed by atoms with Crippen molar-refractivity contribution in [1.82, 2.24) is 0 Å². The van der Waals surface area contributed by atoms with Crippen molar-refractivity contribution in [3.8, 4) is 6.07 Å². The van der Waals surface area contributed by atoms with Crippen LogP contribution in [0.1, 0.15) is 11.5 Å². The van der Waals surface area contributed by atoms with Crippen molar-refractivity contribution in [2.75, 3.05) is 19.1 Å². The van der Waals surface area contributed by atoms with Crippen molar-refractivity contribution in [2.24, 2.45) is 5.73 Å². The van der Waals surface area contributed by atoms with Crippen molar-refractivity contribution in [2.45, 2.75) is 5.92 Å². The highest BCUT2D eigenvalue weighted by Crippen LogP contribution is 2.45. The number of ether oxygens (including phenoxy) is 2. The van der Waals surface area contributed by atoms with Gasteiger partial charge in [0.15, 0.2) is 0 Å². The van der Waals surface area contributed by atoms with E-state index in [0.717, 1.165) is 19.1 Å². The average molecular weight is 560 g/mol. The zero-order valence-electron chi connectivity index (χ0n) is 17.4. The van der Waals surface area contributed by atoms with Crippen LogP contribution in [0.2, 0.25) is 0 Å². The first kappa shape index (κ1) is 23.7. The van der Waals surface area contributed by atoms with Gasteiger partial charge in [-0.25, -0.2) is 9.59 Å². The molecule has 0 fully saturated rings. The van der Waals surface area contributed by atoms with Crippen molar-refractivity contribution in [3.05, 3.63) is 90.4 Å². The molecule has 0 spiro atoms. The van der Waals surface area contributed by atoms with Crippen LogP contribution < -0.4 is 10.6 Å². The van der Waals surface area contributed by atoms with Gasteiger partial charge in [0.25, 0.3) is 5.69 Å². The number of carbonyl (C=O) groups is 2. The SMILES string of the molecule is COC(=O)C1=C(C(=O)OC)N(c2ccc(I)cc2[N+](=O)[O-])C(N)=C(C#N)C1c1ccccc1. The minimum absolute atomic E-state index is 0.0814. The minimum Gasteiger partial charge on any atom is -0.466 e. The number of rotatable bonds is 5. The summed E-state index contributed by atoms with van der Waals surface area (Å²) in [4.78, 5) is 38.1. The van der Waals surface area contributed by atoms with E-state index >= 15 is 0 Å². The van der Waals surface area contributed by atoms with Crippen molar-refractivity contribution >= 4 is 45.9 Å². The predicted molar refractivity (Wildman–Crippen MR) is 125 cm³/mol. The van der Waals surface area contributed by atoms with E-state index in [1.807, 2.05) is 28.7 Å². The largest absolute Gasteiger partial charge is 0.466 e. The van der Waals surface area contributed by atoms with Gasteiger partial charge in [0.2, 0.25) is 0 Å². The summed E-state index contributed by atoms with van der Waals surface area (Å²) in [6.45, 7) is 0. The number of nitrogens with zero attached hydrogens (tertiary/aromatic N) is 3. The summed E-state index contributed by atoms with van der Waals surface area (Å²) in [7, 11) is 2.22. The average Bonchev–Trinajstić information content (AvgIpc) is 2.82. The zero-order valence-corrected chi connectivity index (χ0v) is 19.6. The third kappa shape index (κ3) is 4.24. The predicted octanol–water partition coefficient (Wildman–Crippen LogP) is 3.10. The van der Waals surface area contributed by atoms with Gasteiger partial charge >= 0.3 is 11.9 Å². The molecule has 0 aliphatic carbocycles. The number of nitro benzene ring substituents is 1. The van der Waals surface area contributed by atoms with Gasteiger partial charge in [-0.1, -0.05) is 30.3 Å². The lowest BCUT2D eigenvalue weighted by Gasteiger charge is -2.35. The molecule has 11 heteroatoms. The molecule has 3 rings (SSSR count). The maximum Gasteiger partial charge on any atom is 0.355 e. The Hall–Kier alpha value is -3.92. The Balaban J connectivity index is 2.48. The molecule has 1 heterocycles. The summed E-state index contributed by atoms with van der Waals surface area (Å²) < 4.78 is 10.4. The molecule has 2 aromatic rings. The van der Waals surface area contributed by atoms with E-state index in [1.54, 1.807) is 36.4 Å². The molecule has 0 amide bonds. The number of hydrogen-bond donors (Lipinski definition) is 1. The van der Waals surface area contributed by atoms with Crippen LogP contribution in [0.5, 0.6) is 0 Å².